The molecule has 64 heavy (non-hydrogen) atoms. The van der Waals surface area contributed by atoms with E-state index in [1.165, 1.54) is 59.0 Å². The Labute approximate surface area is 374 Å². The zero-order chi connectivity index (χ0) is 42.6. The highest BCUT2D eigenvalue weighted by Crippen LogP contribution is 2.43. The van der Waals surface area contributed by atoms with Gasteiger partial charge in [-0.25, -0.2) is 15.0 Å². The Bertz CT molecular complexity index is 3480. The highest BCUT2D eigenvalue weighted by molar-refractivity contribution is 7.19. The van der Waals surface area contributed by atoms with Crippen LogP contribution in [0.2, 0.25) is 0 Å². The summed E-state index contributed by atoms with van der Waals surface area (Å²) in [6.07, 6.45) is 8.40. The molecule has 0 saturated carbocycles. The Morgan fingerprint density at radius 1 is 0.422 bits per heavy atom. The van der Waals surface area contributed by atoms with Gasteiger partial charge in [-0.05, 0) is 100 Å². The second kappa shape index (κ2) is 15.5. The van der Waals surface area contributed by atoms with Crippen molar-refractivity contribution in [2.75, 3.05) is 0 Å². The lowest BCUT2D eigenvalue weighted by Crippen LogP contribution is -2.66. The predicted molar refractivity (Wildman–Crippen MR) is 270 cm³/mol. The van der Waals surface area contributed by atoms with Crippen LogP contribution in [-0.2, 0) is 0 Å². The molecule has 12 rings (SSSR count). The van der Waals surface area contributed by atoms with Gasteiger partial charge in [0.25, 0.3) is 0 Å². The molecular weight excluding hydrogens is 791 g/mol. The van der Waals surface area contributed by atoms with Crippen molar-refractivity contribution in [3.63, 3.8) is 0 Å². The molecule has 1 aliphatic carbocycles. The van der Waals surface area contributed by atoms with Crippen molar-refractivity contribution in [3.05, 3.63) is 230 Å². The van der Waals surface area contributed by atoms with Crippen LogP contribution in [-0.4, -0.2) is 23.0 Å². The van der Waals surface area contributed by atoms with Gasteiger partial charge < -0.3 is 0 Å². The summed E-state index contributed by atoms with van der Waals surface area (Å²) in [5.74, 6) is 2.45. The van der Waals surface area contributed by atoms with Crippen LogP contribution in [0, 0.1) is 5.92 Å². The van der Waals surface area contributed by atoms with Gasteiger partial charge in [0.2, 0.25) is 0 Å². The second-order valence-electron chi connectivity index (χ2n) is 17.2. The minimum atomic E-state index is -2.81. The average molecular weight is 834 g/mol. The van der Waals surface area contributed by atoms with Gasteiger partial charge in [-0.15, -0.1) is 0 Å². The van der Waals surface area contributed by atoms with Crippen molar-refractivity contribution in [2.45, 2.75) is 13.3 Å². The predicted octanol–water partition coefficient (Wildman–Crippen LogP) is 13.0. The summed E-state index contributed by atoms with van der Waals surface area (Å²) in [6.45, 7) is 2.31. The first-order chi connectivity index (χ1) is 31.6. The fraction of sp³-hybridized carbons (Fsp3) is 0.0500. The molecule has 0 radical (unpaired) electrons. The maximum absolute atomic E-state index is 5.47. The molecule has 0 spiro atoms. The number of allylic oxidation sites excluding steroid dienone is 4. The summed E-state index contributed by atoms with van der Waals surface area (Å²) < 4.78 is 0. The Morgan fingerprint density at radius 2 is 1.00 bits per heavy atom. The van der Waals surface area contributed by atoms with Crippen molar-refractivity contribution < 1.29 is 0 Å². The van der Waals surface area contributed by atoms with Gasteiger partial charge in [0.05, 0.1) is 0 Å². The van der Waals surface area contributed by atoms with Crippen LogP contribution >= 0.6 is 0 Å². The van der Waals surface area contributed by atoms with Crippen molar-refractivity contribution in [2.24, 2.45) is 5.92 Å². The molecule has 2 unspecified atom stereocenters. The van der Waals surface area contributed by atoms with Gasteiger partial charge in [0.15, 0.2) is 25.5 Å². The molecule has 0 bridgehead atoms. The molecule has 2 atom stereocenters. The molecule has 3 nitrogen and oxygen atoms in total. The molecule has 1 aliphatic heterocycles. The number of hydrogen-bond acceptors (Lipinski definition) is 3. The van der Waals surface area contributed by atoms with Crippen LogP contribution in [0.5, 0.6) is 0 Å². The third-order valence-corrected chi connectivity index (χ3v) is 18.2. The van der Waals surface area contributed by atoms with Gasteiger partial charge in [0.1, 0.15) is 0 Å². The van der Waals surface area contributed by atoms with E-state index in [1.807, 2.05) is 0 Å². The standard InChI is InChI=1S/C60H43N3Si/c1-40-26-35-51(36-27-40)64(50-21-6-3-7-22-50)54-25-13-24-53(57(54)56-52-23-11-10-17-44(52)34-37-55(56)64)60-62-58(61-59(63-60)49-20-12-19-47(39-49)41-14-4-2-5-15-41)45-31-28-43(29-32-45)48-33-30-42-16-8-9-18-46(42)38-48/h2-26,28-40H,27H2,1H3. The van der Waals surface area contributed by atoms with Crippen molar-refractivity contribution in [3.8, 4) is 67.5 Å². The zero-order valence-corrected chi connectivity index (χ0v) is 36.5. The number of benzene rings is 9. The molecule has 302 valence electrons. The number of rotatable bonds is 7. The number of fused-ring (bicyclic) bond motifs is 6. The second-order valence-corrected chi connectivity index (χ2v) is 20.9. The van der Waals surface area contributed by atoms with Crippen LogP contribution in [0.1, 0.15) is 13.3 Å². The molecule has 0 fully saturated rings. The SMILES string of the molecule is CC1C=CC([Si]2(c3ccccc3)c3cccc(-c4nc(-c5ccc(-c6ccc7ccccc7c6)cc5)nc(-c5cccc(-c6ccccc6)c5)n4)c3-c3c2ccc2ccccc32)=CC1. The van der Waals surface area contributed by atoms with E-state index in [0.29, 0.717) is 23.4 Å². The van der Waals surface area contributed by atoms with Crippen LogP contribution in [0.15, 0.2) is 230 Å². The molecule has 10 aromatic rings. The summed E-state index contributed by atoms with van der Waals surface area (Å²) >= 11 is 0. The normalized spacial score (nSPS) is 16.4. The highest BCUT2D eigenvalue weighted by atomic mass is 28.3. The number of nitrogens with zero attached hydrogens (tertiary/aromatic N) is 3. The minimum Gasteiger partial charge on any atom is -0.208 e. The van der Waals surface area contributed by atoms with E-state index in [9.17, 15) is 0 Å². The van der Waals surface area contributed by atoms with Crippen LogP contribution in [0.4, 0.5) is 0 Å². The summed E-state index contributed by atoms with van der Waals surface area (Å²) in [4.78, 5) is 16.2. The lowest BCUT2D eigenvalue weighted by Gasteiger charge is -2.34. The van der Waals surface area contributed by atoms with E-state index < -0.39 is 8.07 Å². The largest absolute Gasteiger partial charge is 0.208 e. The summed E-state index contributed by atoms with van der Waals surface area (Å²) in [5, 5.41) is 10.5. The molecule has 9 aromatic carbocycles. The smallest absolute Gasteiger partial charge is 0.180 e. The molecule has 0 amide bonds. The molecule has 0 N–H and O–H groups in total. The summed E-state index contributed by atoms with van der Waals surface area (Å²) in [5.41, 5.74) is 10.0. The summed E-state index contributed by atoms with van der Waals surface area (Å²) in [6, 6.07) is 74.7. The van der Waals surface area contributed by atoms with E-state index >= 15 is 0 Å². The Hall–Kier alpha value is -7.79. The van der Waals surface area contributed by atoms with Crippen LogP contribution in [0.3, 0.4) is 0 Å². The maximum atomic E-state index is 5.47. The highest BCUT2D eigenvalue weighted by Gasteiger charge is 2.51. The molecule has 2 heterocycles. The van der Waals surface area contributed by atoms with E-state index in [-0.39, 0.29) is 0 Å². The molecule has 4 heteroatoms. The molecule has 0 saturated heterocycles. The first-order valence-corrected chi connectivity index (χ1v) is 24.2. The number of hydrogen-bond donors (Lipinski definition) is 0. The topological polar surface area (TPSA) is 38.7 Å². The van der Waals surface area contributed by atoms with E-state index in [0.717, 1.165) is 39.8 Å². The van der Waals surface area contributed by atoms with Crippen LogP contribution in [0.25, 0.3) is 89.1 Å². The third-order valence-electron chi connectivity index (χ3n) is 13.3. The first kappa shape index (κ1) is 37.9. The molecular formula is C60H43N3Si. The van der Waals surface area contributed by atoms with Crippen molar-refractivity contribution in [1.82, 2.24) is 15.0 Å². The first-order valence-electron chi connectivity index (χ1n) is 22.2. The van der Waals surface area contributed by atoms with Crippen LogP contribution < -0.4 is 15.6 Å². The lowest BCUT2D eigenvalue weighted by atomic mass is 9.94. The minimum absolute atomic E-state index is 0.498. The number of aromatic nitrogens is 3. The quantitative estimate of drug-likeness (QED) is 0.150. The van der Waals surface area contributed by atoms with E-state index in [2.05, 4.69) is 231 Å². The monoisotopic (exact) mass is 833 g/mol. The van der Waals surface area contributed by atoms with Gasteiger partial charge in [-0.3, -0.25) is 0 Å². The fourth-order valence-electron chi connectivity index (χ4n) is 10.2. The Balaban J connectivity index is 1.10. The lowest BCUT2D eigenvalue weighted by molar-refractivity contribution is 0.734. The van der Waals surface area contributed by atoms with Gasteiger partial charge in [0, 0.05) is 16.7 Å². The van der Waals surface area contributed by atoms with E-state index in [4.69, 9.17) is 15.0 Å². The Morgan fingerprint density at radius 3 is 1.80 bits per heavy atom. The van der Waals surface area contributed by atoms with Crippen molar-refractivity contribution in [1.29, 1.82) is 0 Å². The van der Waals surface area contributed by atoms with Gasteiger partial charge in [-0.1, -0.05) is 219 Å². The summed E-state index contributed by atoms with van der Waals surface area (Å²) in [7, 11) is -2.81. The molecule has 1 aromatic heterocycles. The van der Waals surface area contributed by atoms with Gasteiger partial charge >= 0.3 is 0 Å². The maximum Gasteiger partial charge on any atom is 0.180 e. The third kappa shape index (κ3) is 6.29. The fourth-order valence-corrected chi connectivity index (χ4v) is 15.5. The van der Waals surface area contributed by atoms with E-state index in [1.54, 1.807) is 0 Å². The molecule has 2 aliphatic rings. The Kier molecular flexibility index (Phi) is 9.20. The van der Waals surface area contributed by atoms with Crippen molar-refractivity contribution >= 4 is 45.2 Å². The average Bonchev–Trinajstić information content (AvgIpc) is 3.68. The zero-order valence-electron chi connectivity index (χ0n) is 35.5. The van der Waals surface area contributed by atoms with Gasteiger partial charge in [-0.2, -0.15) is 0 Å².